The molecular weight excluding hydrogens is 242 g/mol. The summed E-state index contributed by atoms with van der Waals surface area (Å²) in [5.74, 6) is 0.165. The minimum Gasteiger partial charge on any atom is -0.328 e. The fourth-order valence-electron chi connectivity index (χ4n) is 2.69. The Bertz CT molecular complexity index is 550. The second kappa shape index (κ2) is 4.35. The van der Waals surface area contributed by atoms with Gasteiger partial charge in [-0.25, -0.2) is 0 Å². The molecule has 0 bridgehead atoms. The van der Waals surface area contributed by atoms with Crippen molar-refractivity contribution < 1.29 is 9.59 Å². The maximum Gasteiger partial charge on any atom is 0.229 e. The Morgan fingerprint density at radius 2 is 2.16 bits per heavy atom. The monoisotopic (exact) mass is 259 g/mol. The van der Waals surface area contributed by atoms with E-state index in [1.807, 2.05) is 18.2 Å². The van der Waals surface area contributed by atoms with E-state index in [-0.39, 0.29) is 23.8 Å². The minimum atomic E-state index is 0.00564. The van der Waals surface area contributed by atoms with Crippen LogP contribution in [0.15, 0.2) is 18.2 Å². The van der Waals surface area contributed by atoms with Gasteiger partial charge >= 0.3 is 0 Å². The first kappa shape index (κ1) is 12.2. The smallest absolute Gasteiger partial charge is 0.229 e. The van der Waals surface area contributed by atoms with Crippen LogP contribution in [0.3, 0.4) is 0 Å². The van der Waals surface area contributed by atoms with Crippen LogP contribution in [0.1, 0.15) is 18.4 Å². The highest BCUT2D eigenvalue weighted by atomic mass is 16.2. The van der Waals surface area contributed by atoms with Gasteiger partial charge in [-0.2, -0.15) is 0 Å². The van der Waals surface area contributed by atoms with Crippen molar-refractivity contribution in [1.29, 1.82) is 0 Å². The molecular formula is C14H17N3O2. The first-order valence-corrected chi connectivity index (χ1v) is 6.50. The van der Waals surface area contributed by atoms with Gasteiger partial charge in [0.05, 0.1) is 6.42 Å². The van der Waals surface area contributed by atoms with Crippen molar-refractivity contribution in [2.24, 2.45) is 11.7 Å². The average Bonchev–Trinajstić information content (AvgIpc) is 2.72. The Morgan fingerprint density at radius 1 is 1.42 bits per heavy atom. The highest BCUT2D eigenvalue weighted by Crippen LogP contribution is 2.31. The molecule has 3 rings (SSSR count). The maximum absolute atomic E-state index is 12.2. The van der Waals surface area contributed by atoms with Gasteiger partial charge in [-0.1, -0.05) is 0 Å². The number of anilines is 2. The lowest BCUT2D eigenvalue weighted by Gasteiger charge is -2.34. The fourth-order valence-corrected chi connectivity index (χ4v) is 2.69. The number of hydrogen-bond acceptors (Lipinski definition) is 3. The van der Waals surface area contributed by atoms with Crippen molar-refractivity contribution in [2.45, 2.75) is 25.3 Å². The van der Waals surface area contributed by atoms with Gasteiger partial charge in [0.25, 0.3) is 0 Å². The molecule has 0 saturated heterocycles. The van der Waals surface area contributed by atoms with E-state index in [9.17, 15) is 9.59 Å². The van der Waals surface area contributed by atoms with Gasteiger partial charge in [0.2, 0.25) is 11.8 Å². The molecule has 19 heavy (non-hydrogen) atoms. The largest absolute Gasteiger partial charge is 0.328 e. The second-order valence-corrected chi connectivity index (χ2v) is 5.39. The number of carbonyl (C=O) groups excluding carboxylic acids is 2. The van der Waals surface area contributed by atoms with E-state index in [1.54, 1.807) is 11.9 Å². The lowest BCUT2D eigenvalue weighted by Crippen LogP contribution is -2.45. The first-order valence-electron chi connectivity index (χ1n) is 6.50. The Balaban J connectivity index is 1.77. The number of nitrogens with one attached hydrogen (secondary N) is 1. The average molecular weight is 259 g/mol. The van der Waals surface area contributed by atoms with Crippen LogP contribution in [-0.2, 0) is 16.0 Å². The summed E-state index contributed by atoms with van der Waals surface area (Å²) >= 11 is 0. The zero-order valence-corrected chi connectivity index (χ0v) is 10.8. The van der Waals surface area contributed by atoms with Crippen LogP contribution in [0.5, 0.6) is 0 Å². The quantitative estimate of drug-likeness (QED) is 0.828. The molecule has 2 aliphatic rings. The molecule has 1 aliphatic carbocycles. The summed E-state index contributed by atoms with van der Waals surface area (Å²) in [6.45, 7) is 0. The van der Waals surface area contributed by atoms with Crippen LogP contribution < -0.4 is 16.0 Å². The third kappa shape index (κ3) is 2.10. The van der Waals surface area contributed by atoms with Crippen LogP contribution in [-0.4, -0.2) is 24.9 Å². The fraction of sp³-hybridized carbons (Fsp3) is 0.429. The molecule has 100 valence electrons. The van der Waals surface area contributed by atoms with Crippen LogP contribution in [0.25, 0.3) is 0 Å². The molecule has 1 aliphatic heterocycles. The molecule has 0 spiro atoms. The van der Waals surface area contributed by atoms with Gasteiger partial charge in [0.15, 0.2) is 0 Å². The number of nitrogens with zero attached hydrogens (tertiary/aromatic N) is 1. The summed E-state index contributed by atoms with van der Waals surface area (Å²) in [5.41, 5.74) is 8.35. The normalized spacial score (nSPS) is 24.4. The molecule has 1 fully saturated rings. The minimum absolute atomic E-state index is 0.00564. The molecule has 5 nitrogen and oxygen atoms in total. The van der Waals surface area contributed by atoms with Crippen molar-refractivity contribution in [3.8, 4) is 0 Å². The number of amides is 2. The molecule has 1 aromatic rings. The molecule has 0 unspecified atom stereocenters. The van der Waals surface area contributed by atoms with E-state index in [2.05, 4.69) is 5.32 Å². The van der Waals surface area contributed by atoms with Crippen molar-refractivity contribution in [3.63, 3.8) is 0 Å². The number of hydrogen-bond donors (Lipinski definition) is 2. The molecule has 3 N–H and O–H groups in total. The molecule has 2 amide bonds. The summed E-state index contributed by atoms with van der Waals surface area (Å²) in [6.07, 6.45) is 1.93. The van der Waals surface area contributed by atoms with Gasteiger partial charge in [0.1, 0.15) is 0 Å². The number of carbonyl (C=O) groups is 2. The molecule has 1 aromatic carbocycles. The SMILES string of the molecule is CN(C(=O)C1CC(N)C1)c1ccc2c(c1)CC(=O)N2. The summed E-state index contributed by atoms with van der Waals surface area (Å²) in [4.78, 5) is 25.2. The predicted molar refractivity (Wildman–Crippen MR) is 72.9 cm³/mol. The van der Waals surface area contributed by atoms with E-state index in [4.69, 9.17) is 5.73 Å². The van der Waals surface area contributed by atoms with Gasteiger partial charge in [-0.15, -0.1) is 0 Å². The van der Waals surface area contributed by atoms with Crippen molar-refractivity contribution in [3.05, 3.63) is 23.8 Å². The summed E-state index contributed by atoms with van der Waals surface area (Å²) in [5, 5.41) is 2.78. The number of nitrogens with two attached hydrogens (primary N) is 1. The van der Waals surface area contributed by atoms with Crippen LogP contribution >= 0.6 is 0 Å². The zero-order chi connectivity index (χ0) is 13.6. The number of rotatable bonds is 2. The Hall–Kier alpha value is -1.88. The van der Waals surface area contributed by atoms with Gasteiger partial charge in [-0.05, 0) is 36.6 Å². The topological polar surface area (TPSA) is 75.4 Å². The van der Waals surface area contributed by atoms with Crippen molar-refractivity contribution in [2.75, 3.05) is 17.3 Å². The molecule has 0 atom stereocenters. The van der Waals surface area contributed by atoms with E-state index in [1.165, 1.54) is 0 Å². The van der Waals surface area contributed by atoms with Gasteiger partial charge in [0, 0.05) is 30.4 Å². The Morgan fingerprint density at radius 3 is 2.84 bits per heavy atom. The first-order chi connectivity index (χ1) is 9.04. The molecule has 1 saturated carbocycles. The van der Waals surface area contributed by atoms with E-state index in [0.717, 1.165) is 29.8 Å². The van der Waals surface area contributed by atoms with Crippen molar-refractivity contribution >= 4 is 23.2 Å². The van der Waals surface area contributed by atoms with E-state index in [0.29, 0.717) is 6.42 Å². The van der Waals surface area contributed by atoms with Gasteiger partial charge < -0.3 is 16.0 Å². The van der Waals surface area contributed by atoms with Crippen LogP contribution in [0.4, 0.5) is 11.4 Å². The second-order valence-electron chi connectivity index (χ2n) is 5.39. The highest BCUT2D eigenvalue weighted by Gasteiger charge is 2.34. The Labute approximate surface area is 111 Å². The van der Waals surface area contributed by atoms with Crippen LogP contribution in [0.2, 0.25) is 0 Å². The molecule has 0 radical (unpaired) electrons. The lowest BCUT2D eigenvalue weighted by molar-refractivity contribution is -0.124. The lowest BCUT2D eigenvalue weighted by atomic mass is 9.80. The van der Waals surface area contributed by atoms with E-state index < -0.39 is 0 Å². The van der Waals surface area contributed by atoms with Crippen molar-refractivity contribution in [1.82, 2.24) is 0 Å². The highest BCUT2D eigenvalue weighted by molar-refractivity contribution is 6.01. The Kier molecular flexibility index (Phi) is 2.78. The third-order valence-corrected chi connectivity index (χ3v) is 3.96. The third-order valence-electron chi connectivity index (χ3n) is 3.96. The standard InChI is InChI=1S/C14H17N3O2/c1-17(14(19)9-4-10(15)5-9)11-2-3-12-8(6-11)7-13(18)16-12/h2-3,6,9-10H,4-5,7,15H2,1H3,(H,16,18). The molecule has 5 heteroatoms. The number of fused-ring (bicyclic) bond motifs is 1. The molecule has 1 heterocycles. The number of benzene rings is 1. The van der Waals surface area contributed by atoms with Crippen LogP contribution in [0, 0.1) is 5.92 Å². The maximum atomic E-state index is 12.2. The summed E-state index contributed by atoms with van der Waals surface area (Å²) in [7, 11) is 1.78. The van der Waals surface area contributed by atoms with Gasteiger partial charge in [-0.3, -0.25) is 9.59 Å². The molecule has 0 aromatic heterocycles. The summed E-state index contributed by atoms with van der Waals surface area (Å²) < 4.78 is 0. The predicted octanol–water partition coefficient (Wildman–Crippen LogP) is 0.881. The summed E-state index contributed by atoms with van der Waals surface area (Å²) in [6, 6.07) is 5.79. The zero-order valence-electron chi connectivity index (χ0n) is 10.8. The van der Waals surface area contributed by atoms with E-state index >= 15 is 0 Å².